The number of nitrogens with zero attached hydrogens (tertiary/aromatic N) is 1. The molecule has 0 spiro atoms. The fourth-order valence-corrected chi connectivity index (χ4v) is 2.43. The Morgan fingerprint density at radius 1 is 1.28 bits per heavy atom. The summed E-state index contributed by atoms with van der Waals surface area (Å²) in [6.07, 6.45) is 1.83. The summed E-state index contributed by atoms with van der Waals surface area (Å²) in [6.45, 7) is 9.60. The van der Waals surface area contributed by atoms with Crippen molar-refractivity contribution in [3.63, 3.8) is 0 Å². The summed E-state index contributed by atoms with van der Waals surface area (Å²) < 4.78 is 0. The lowest BCUT2D eigenvalue weighted by atomic mass is 9.76. The zero-order valence-corrected chi connectivity index (χ0v) is 11.8. The monoisotopic (exact) mass is 247 g/mol. The van der Waals surface area contributed by atoms with Crippen molar-refractivity contribution in [3.8, 4) is 0 Å². The predicted molar refractivity (Wildman–Crippen MR) is 77.0 cm³/mol. The maximum Gasteiger partial charge on any atom is 0.0434 e. The molecule has 1 saturated heterocycles. The van der Waals surface area contributed by atoms with Crippen molar-refractivity contribution < 1.29 is 5.11 Å². The highest BCUT2D eigenvalue weighted by atomic mass is 16.2. The molecule has 18 heavy (non-hydrogen) atoms. The molecule has 0 radical (unpaired) electrons. The molecule has 100 valence electrons. The summed E-state index contributed by atoms with van der Waals surface area (Å²) >= 11 is 0. The van der Waals surface area contributed by atoms with Gasteiger partial charge in [-0.1, -0.05) is 32.9 Å². The van der Waals surface area contributed by atoms with Gasteiger partial charge in [0.15, 0.2) is 0 Å². The molecule has 1 heterocycles. The van der Waals surface area contributed by atoms with Crippen molar-refractivity contribution in [2.75, 3.05) is 24.6 Å². The predicted octanol–water partition coefficient (Wildman–Crippen LogP) is 3.09. The Kier molecular flexibility index (Phi) is 3.96. The minimum atomic E-state index is 0.278. The fraction of sp³-hybridized carbons (Fsp3) is 0.625. The molecular formula is C16H25NO. The molecule has 1 aromatic rings. The maximum absolute atomic E-state index is 8.88. The molecule has 1 aromatic carbocycles. The van der Waals surface area contributed by atoms with E-state index in [-0.39, 0.29) is 6.61 Å². The Morgan fingerprint density at radius 2 is 2.00 bits per heavy atom. The van der Waals surface area contributed by atoms with E-state index < -0.39 is 0 Å². The van der Waals surface area contributed by atoms with Crippen LogP contribution in [0.3, 0.4) is 0 Å². The summed E-state index contributed by atoms with van der Waals surface area (Å²) in [7, 11) is 0. The smallest absolute Gasteiger partial charge is 0.0434 e. The number of aryl methyl sites for hydroxylation is 1. The Balaban J connectivity index is 1.95. The van der Waals surface area contributed by atoms with Crippen LogP contribution in [-0.4, -0.2) is 24.8 Å². The van der Waals surface area contributed by atoms with Crippen LogP contribution in [0, 0.1) is 11.3 Å². The lowest BCUT2D eigenvalue weighted by Gasteiger charge is -2.47. The minimum Gasteiger partial charge on any atom is -0.396 e. The van der Waals surface area contributed by atoms with Crippen LogP contribution in [-0.2, 0) is 6.42 Å². The van der Waals surface area contributed by atoms with Gasteiger partial charge in [0.1, 0.15) is 0 Å². The van der Waals surface area contributed by atoms with Gasteiger partial charge in [-0.3, -0.25) is 0 Å². The molecule has 0 aromatic heterocycles. The van der Waals surface area contributed by atoms with E-state index in [2.05, 4.69) is 49.9 Å². The summed E-state index contributed by atoms with van der Waals surface area (Å²) in [5.74, 6) is 0.804. The molecule has 0 aliphatic carbocycles. The SMILES string of the molecule is CC(C)(C)C1CN(c2cccc(CCCO)c2)C1. The first-order chi connectivity index (χ1) is 8.50. The Bertz CT molecular complexity index is 388. The molecule has 2 nitrogen and oxygen atoms in total. The van der Waals surface area contributed by atoms with Crippen molar-refractivity contribution in [2.45, 2.75) is 33.6 Å². The van der Waals surface area contributed by atoms with Crippen LogP contribution in [0.2, 0.25) is 0 Å². The van der Waals surface area contributed by atoms with E-state index in [0.717, 1.165) is 18.8 Å². The van der Waals surface area contributed by atoms with Gasteiger partial charge in [-0.2, -0.15) is 0 Å². The first-order valence-corrected chi connectivity index (χ1v) is 6.95. The van der Waals surface area contributed by atoms with Gasteiger partial charge in [-0.15, -0.1) is 0 Å². The van der Waals surface area contributed by atoms with Crippen molar-refractivity contribution in [1.82, 2.24) is 0 Å². The molecule has 2 rings (SSSR count). The second kappa shape index (κ2) is 5.31. The van der Waals surface area contributed by atoms with Gasteiger partial charge in [-0.05, 0) is 41.9 Å². The first-order valence-electron chi connectivity index (χ1n) is 6.95. The molecule has 1 N–H and O–H groups in total. The molecular weight excluding hydrogens is 222 g/mol. The van der Waals surface area contributed by atoms with E-state index in [4.69, 9.17) is 5.11 Å². The van der Waals surface area contributed by atoms with Crippen molar-refractivity contribution in [2.24, 2.45) is 11.3 Å². The van der Waals surface area contributed by atoms with Crippen LogP contribution in [0.1, 0.15) is 32.8 Å². The van der Waals surface area contributed by atoms with Gasteiger partial charge in [0.05, 0.1) is 0 Å². The third kappa shape index (κ3) is 3.05. The second-order valence-corrected chi connectivity index (χ2v) is 6.46. The van der Waals surface area contributed by atoms with E-state index in [1.165, 1.54) is 24.3 Å². The number of rotatable bonds is 4. The van der Waals surface area contributed by atoms with Gasteiger partial charge in [0, 0.05) is 25.4 Å². The standard InChI is InChI=1S/C16H25NO/c1-16(2,3)14-11-17(12-14)15-8-4-6-13(10-15)7-5-9-18/h4,6,8,10,14,18H,5,7,9,11-12H2,1-3H3. The highest BCUT2D eigenvalue weighted by Crippen LogP contribution is 2.36. The van der Waals surface area contributed by atoms with Crippen LogP contribution >= 0.6 is 0 Å². The highest BCUT2D eigenvalue weighted by Gasteiger charge is 2.35. The summed E-state index contributed by atoms with van der Waals surface area (Å²) in [5, 5.41) is 8.88. The van der Waals surface area contributed by atoms with Gasteiger partial charge < -0.3 is 10.0 Å². The van der Waals surface area contributed by atoms with Gasteiger partial charge in [0.25, 0.3) is 0 Å². The van der Waals surface area contributed by atoms with E-state index in [1.807, 2.05) is 0 Å². The number of hydrogen-bond donors (Lipinski definition) is 1. The van der Waals surface area contributed by atoms with E-state index in [9.17, 15) is 0 Å². The lowest BCUT2D eigenvalue weighted by molar-refractivity contribution is 0.195. The average molecular weight is 247 g/mol. The molecule has 0 saturated carbocycles. The van der Waals surface area contributed by atoms with E-state index in [1.54, 1.807) is 0 Å². The van der Waals surface area contributed by atoms with Crippen LogP contribution in [0.25, 0.3) is 0 Å². The maximum atomic E-state index is 8.88. The van der Waals surface area contributed by atoms with E-state index in [0.29, 0.717) is 5.41 Å². The number of benzene rings is 1. The Morgan fingerprint density at radius 3 is 2.61 bits per heavy atom. The molecule has 1 aliphatic rings. The van der Waals surface area contributed by atoms with Crippen LogP contribution in [0.5, 0.6) is 0 Å². The average Bonchev–Trinajstić information content (AvgIpc) is 2.23. The van der Waals surface area contributed by atoms with Gasteiger partial charge in [-0.25, -0.2) is 0 Å². The van der Waals surface area contributed by atoms with Crippen LogP contribution in [0.15, 0.2) is 24.3 Å². The minimum absolute atomic E-state index is 0.278. The van der Waals surface area contributed by atoms with Crippen molar-refractivity contribution in [1.29, 1.82) is 0 Å². The third-order valence-electron chi connectivity index (χ3n) is 4.01. The van der Waals surface area contributed by atoms with Gasteiger partial charge in [0.2, 0.25) is 0 Å². The quantitative estimate of drug-likeness (QED) is 0.884. The molecule has 0 amide bonds. The topological polar surface area (TPSA) is 23.5 Å². The molecule has 2 heteroatoms. The largest absolute Gasteiger partial charge is 0.396 e. The molecule has 0 bridgehead atoms. The van der Waals surface area contributed by atoms with Crippen LogP contribution < -0.4 is 4.90 Å². The van der Waals surface area contributed by atoms with Crippen LogP contribution in [0.4, 0.5) is 5.69 Å². The number of anilines is 1. The summed E-state index contributed by atoms with van der Waals surface area (Å²) in [6, 6.07) is 8.75. The molecule has 0 atom stereocenters. The zero-order chi connectivity index (χ0) is 13.2. The molecule has 0 unspecified atom stereocenters. The zero-order valence-electron chi connectivity index (χ0n) is 11.8. The molecule has 1 fully saturated rings. The molecule has 1 aliphatic heterocycles. The van der Waals surface area contributed by atoms with Gasteiger partial charge >= 0.3 is 0 Å². The number of aliphatic hydroxyl groups is 1. The first kappa shape index (κ1) is 13.4. The summed E-state index contributed by atoms with van der Waals surface area (Å²) in [4.78, 5) is 2.46. The van der Waals surface area contributed by atoms with Crippen molar-refractivity contribution >= 4 is 5.69 Å². The third-order valence-corrected chi connectivity index (χ3v) is 4.01. The summed E-state index contributed by atoms with van der Waals surface area (Å²) in [5.41, 5.74) is 3.09. The highest BCUT2D eigenvalue weighted by molar-refractivity contribution is 5.51. The Hall–Kier alpha value is -1.02. The number of aliphatic hydroxyl groups excluding tert-OH is 1. The van der Waals surface area contributed by atoms with Crippen molar-refractivity contribution in [3.05, 3.63) is 29.8 Å². The number of hydrogen-bond acceptors (Lipinski definition) is 2. The second-order valence-electron chi connectivity index (χ2n) is 6.46. The van der Waals surface area contributed by atoms with E-state index >= 15 is 0 Å². The fourth-order valence-electron chi connectivity index (χ4n) is 2.43. The Labute approximate surface area is 111 Å². The normalized spacial score (nSPS) is 16.8. The lowest BCUT2D eigenvalue weighted by Crippen LogP contribution is -2.52.